The minimum absolute atomic E-state index is 0. The van der Waals surface area contributed by atoms with Crippen LogP contribution in [0, 0.1) is 5.92 Å². The summed E-state index contributed by atoms with van der Waals surface area (Å²) in [5.41, 5.74) is 1.01. The first-order chi connectivity index (χ1) is 8.99. The van der Waals surface area contributed by atoms with E-state index in [1.165, 1.54) is 0 Å². The molecule has 1 aromatic carbocycles. The zero-order chi connectivity index (χ0) is 14.4. The van der Waals surface area contributed by atoms with E-state index in [0.717, 1.165) is 10.6 Å². The van der Waals surface area contributed by atoms with Crippen LogP contribution in [0.1, 0.15) is 31.9 Å². The predicted molar refractivity (Wildman–Crippen MR) is 87.6 cm³/mol. The van der Waals surface area contributed by atoms with Crippen molar-refractivity contribution in [1.29, 1.82) is 0 Å². The Morgan fingerprint density at radius 2 is 1.95 bits per heavy atom. The lowest BCUT2D eigenvalue weighted by atomic mass is 9.94. The van der Waals surface area contributed by atoms with Crippen molar-refractivity contribution in [1.82, 2.24) is 10.2 Å². The van der Waals surface area contributed by atoms with Crippen LogP contribution in [0.5, 0.6) is 0 Å². The maximum absolute atomic E-state index is 12.2. The number of nitrogens with zero attached hydrogens (tertiary/aromatic N) is 1. The van der Waals surface area contributed by atoms with Crippen molar-refractivity contribution < 1.29 is 4.79 Å². The highest BCUT2D eigenvalue weighted by molar-refractivity contribution is 6.31. The summed E-state index contributed by atoms with van der Waals surface area (Å²) in [4.78, 5) is 14.0. The van der Waals surface area contributed by atoms with Crippen molar-refractivity contribution in [3.05, 3.63) is 34.9 Å². The summed E-state index contributed by atoms with van der Waals surface area (Å²) in [5.74, 6) is 0.441. The third-order valence-electron chi connectivity index (χ3n) is 3.25. The molecule has 0 aliphatic rings. The number of carbonyl (C=O) groups excluding carboxylic acids is 1. The number of rotatable bonds is 6. The quantitative estimate of drug-likeness (QED) is 0.870. The van der Waals surface area contributed by atoms with Gasteiger partial charge in [-0.1, -0.05) is 43.6 Å². The van der Waals surface area contributed by atoms with Gasteiger partial charge in [-0.15, -0.1) is 12.4 Å². The lowest BCUT2D eigenvalue weighted by Crippen LogP contribution is -2.35. The van der Waals surface area contributed by atoms with Crippen molar-refractivity contribution >= 4 is 29.9 Å². The highest BCUT2D eigenvalue weighted by atomic mass is 35.5. The molecule has 0 saturated carbocycles. The lowest BCUT2D eigenvalue weighted by molar-refractivity contribution is -0.132. The Balaban J connectivity index is 0.00000361. The van der Waals surface area contributed by atoms with Crippen LogP contribution in [-0.2, 0) is 4.79 Å². The minimum Gasteiger partial charge on any atom is -0.338 e. The highest BCUT2D eigenvalue weighted by Gasteiger charge is 2.25. The van der Waals surface area contributed by atoms with E-state index in [4.69, 9.17) is 11.6 Å². The van der Waals surface area contributed by atoms with Gasteiger partial charge in [0, 0.05) is 25.0 Å². The van der Waals surface area contributed by atoms with Crippen molar-refractivity contribution in [2.24, 2.45) is 5.92 Å². The van der Waals surface area contributed by atoms with Gasteiger partial charge in [0.2, 0.25) is 5.91 Å². The fourth-order valence-corrected chi connectivity index (χ4v) is 2.54. The second-order valence-corrected chi connectivity index (χ2v) is 5.48. The molecule has 0 saturated heterocycles. The summed E-state index contributed by atoms with van der Waals surface area (Å²) < 4.78 is 0. The number of carbonyl (C=O) groups is 1. The van der Waals surface area contributed by atoms with Crippen LogP contribution in [0.2, 0.25) is 5.02 Å². The summed E-state index contributed by atoms with van der Waals surface area (Å²) in [5, 5.41) is 3.72. The molecule has 20 heavy (non-hydrogen) atoms. The Labute approximate surface area is 133 Å². The molecule has 0 radical (unpaired) electrons. The van der Waals surface area contributed by atoms with Crippen LogP contribution < -0.4 is 5.32 Å². The minimum atomic E-state index is 0. The first-order valence-corrected chi connectivity index (χ1v) is 7.01. The normalized spacial score (nSPS) is 11.9. The van der Waals surface area contributed by atoms with Crippen LogP contribution in [0.3, 0.4) is 0 Å². The van der Waals surface area contributed by atoms with Crippen LogP contribution >= 0.6 is 24.0 Å². The molecule has 1 unspecified atom stereocenters. The third kappa shape index (κ3) is 4.97. The second-order valence-electron chi connectivity index (χ2n) is 5.07. The van der Waals surface area contributed by atoms with Gasteiger partial charge in [-0.05, 0) is 24.6 Å². The van der Waals surface area contributed by atoms with Crippen molar-refractivity contribution in [2.45, 2.75) is 26.3 Å². The van der Waals surface area contributed by atoms with Crippen LogP contribution in [0.4, 0.5) is 0 Å². The smallest absolute Gasteiger partial charge is 0.224 e. The summed E-state index contributed by atoms with van der Waals surface area (Å²) in [6.07, 6.45) is 0.501. The largest absolute Gasteiger partial charge is 0.338 e. The van der Waals surface area contributed by atoms with Crippen molar-refractivity contribution in [2.75, 3.05) is 20.6 Å². The van der Waals surface area contributed by atoms with Crippen molar-refractivity contribution in [3.8, 4) is 0 Å². The predicted octanol–water partition coefficient (Wildman–Crippen LogP) is 3.53. The van der Waals surface area contributed by atoms with Crippen molar-refractivity contribution in [3.63, 3.8) is 0 Å². The molecule has 0 spiro atoms. The van der Waals surface area contributed by atoms with Crippen LogP contribution in [-0.4, -0.2) is 31.4 Å². The maximum atomic E-state index is 12.2. The van der Waals surface area contributed by atoms with E-state index in [-0.39, 0.29) is 24.4 Å². The molecule has 1 N–H and O–H groups in total. The van der Waals surface area contributed by atoms with Gasteiger partial charge in [0.05, 0.1) is 6.04 Å². The standard InChI is InChI=1S/C15H23ClN2O.ClH/c1-11(2)15(12-7-5-6-8-13(12)16)18(4)14(19)9-10-17-3;/h5-8,11,15,17H,9-10H2,1-4H3;1H. The topological polar surface area (TPSA) is 32.3 Å². The Morgan fingerprint density at radius 1 is 1.35 bits per heavy atom. The monoisotopic (exact) mass is 318 g/mol. The first-order valence-electron chi connectivity index (χ1n) is 6.63. The van der Waals surface area contributed by atoms with Gasteiger partial charge in [0.15, 0.2) is 0 Å². The second kappa shape index (κ2) is 9.22. The molecule has 0 aliphatic heterocycles. The number of benzene rings is 1. The molecule has 1 aromatic rings. The molecule has 0 aliphatic carbocycles. The molecule has 0 aromatic heterocycles. The van der Waals surface area contributed by atoms with Gasteiger partial charge in [0.25, 0.3) is 0 Å². The molecular formula is C15H24Cl2N2O. The molecule has 1 rings (SSSR count). The molecule has 1 atom stereocenters. The molecule has 3 nitrogen and oxygen atoms in total. The van der Waals surface area contributed by atoms with E-state index < -0.39 is 0 Å². The first kappa shape index (κ1) is 19.2. The fourth-order valence-electron chi connectivity index (χ4n) is 2.29. The molecule has 5 heteroatoms. The molecule has 0 heterocycles. The van der Waals surface area contributed by atoms with Crippen LogP contribution in [0.15, 0.2) is 24.3 Å². The zero-order valence-corrected chi connectivity index (χ0v) is 14.1. The van der Waals surface area contributed by atoms with E-state index >= 15 is 0 Å². The average molecular weight is 319 g/mol. The summed E-state index contributed by atoms with van der Waals surface area (Å²) in [6, 6.07) is 7.75. The van der Waals surface area contributed by atoms with E-state index in [1.807, 2.05) is 43.3 Å². The number of hydrogen-bond acceptors (Lipinski definition) is 2. The van der Waals surface area contributed by atoms with Gasteiger partial charge >= 0.3 is 0 Å². The number of amides is 1. The Morgan fingerprint density at radius 3 is 2.45 bits per heavy atom. The summed E-state index contributed by atoms with van der Waals surface area (Å²) in [6.45, 7) is 4.90. The van der Waals surface area contributed by atoms with Gasteiger partial charge in [-0.3, -0.25) is 4.79 Å². The number of hydrogen-bond donors (Lipinski definition) is 1. The van der Waals surface area contributed by atoms with E-state index in [1.54, 1.807) is 0 Å². The number of nitrogens with one attached hydrogen (secondary N) is 1. The Kier molecular flexibility index (Phi) is 8.86. The van der Waals surface area contributed by atoms with Gasteiger partial charge < -0.3 is 10.2 Å². The van der Waals surface area contributed by atoms with E-state index in [9.17, 15) is 4.79 Å². The molecule has 0 fully saturated rings. The average Bonchev–Trinajstić information content (AvgIpc) is 2.38. The van der Waals surface area contributed by atoms with Crippen LogP contribution in [0.25, 0.3) is 0 Å². The molecular weight excluding hydrogens is 295 g/mol. The third-order valence-corrected chi connectivity index (χ3v) is 3.60. The molecule has 0 bridgehead atoms. The zero-order valence-electron chi connectivity index (χ0n) is 12.5. The van der Waals surface area contributed by atoms with Gasteiger partial charge in [-0.25, -0.2) is 0 Å². The maximum Gasteiger partial charge on any atom is 0.224 e. The fraction of sp³-hybridized carbons (Fsp3) is 0.533. The Bertz CT molecular complexity index is 424. The molecule has 114 valence electrons. The van der Waals surface area contributed by atoms with Gasteiger partial charge in [0.1, 0.15) is 0 Å². The van der Waals surface area contributed by atoms with E-state index in [0.29, 0.717) is 18.9 Å². The van der Waals surface area contributed by atoms with Gasteiger partial charge in [-0.2, -0.15) is 0 Å². The SMILES string of the molecule is CNCCC(=O)N(C)C(c1ccccc1Cl)C(C)C.Cl. The molecule has 1 amide bonds. The summed E-state index contributed by atoms with van der Waals surface area (Å²) >= 11 is 6.27. The van der Waals surface area contributed by atoms with E-state index in [2.05, 4.69) is 19.2 Å². The Hall–Kier alpha value is -0.770. The number of halogens is 2. The lowest BCUT2D eigenvalue weighted by Gasteiger charge is -2.32. The highest BCUT2D eigenvalue weighted by Crippen LogP contribution is 2.32. The summed E-state index contributed by atoms with van der Waals surface area (Å²) in [7, 11) is 3.70.